The lowest BCUT2D eigenvalue weighted by atomic mass is 9.69. The predicted molar refractivity (Wildman–Crippen MR) is 95.7 cm³/mol. The van der Waals surface area contributed by atoms with Crippen LogP contribution in [-0.4, -0.2) is 12.6 Å². The molecular formula is C20H24ClNO. The quantitative estimate of drug-likeness (QED) is 0.863. The van der Waals surface area contributed by atoms with Crippen LogP contribution in [0.4, 0.5) is 0 Å². The second-order valence-electron chi connectivity index (χ2n) is 6.49. The maximum absolute atomic E-state index is 6.16. The van der Waals surface area contributed by atoms with Gasteiger partial charge in [0.15, 0.2) is 0 Å². The summed E-state index contributed by atoms with van der Waals surface area (Å²) >= 11 is 6.16. The molecule has 122 valence electrons. The average molecular weight is 330 g/mol. The highest BCUT2D eigenvalue weighted by atomic mass is 35.5. The molecule has 3 heteroatoms. The van der Waals surface area contributed by atoms with Crippen LogP contribution in [0.5, 0.6) is 0 Å². The zero-order valence-electron chi connectivity index (χ0n) is 13.4. The fourth-order valence-electron chi connectivity index (χ4n) is 3.53. The number of rotatable bonds is 5. The molecule has 0 atom stereocenters. The molecule has 2 aromatic rings. The Bertz CT molecular complexity index is 621. The van der Waals surface area contributed by atoms with Crippen molar-refractivity contribution < 1.29 is 4.74 Å². The van der Waals surface area contributed by atoms with Crippen molar-refractivity contribution in [3.63, 3.8) is 0 Å². The van der Waals surface area contributed by atoms with Crippen molar-refractivity contribution in [2.24, 2.45) is 5.73 Å². The van der Waals surface area contributed by atoms with Crippen LogP contribution in [-0.2, 0) is 16.8 Å². The molecule has 0 saturated heterocycles. The number of hydrogen-bond donors (Lipinski definition) is 1. The fourth-order valence-corrected chi connectivity index (χ4v) is 3.72. The van der Waals surface area contributed by atoms with Gasteiger partial charge in [0.1, 0.15) is 0 Å². The van der Waals surface area contributed by atoms with Crippen LogP contribution in [0.2, 0.25) is 5.02 Å². The molecule has 1 aliphatic carbocycles. The number of hydrogen-bond acceptors (Lipinski definition) is 2. The van der Waals surface area contributed by atoms with Gasteiger partial charge in [-0.1, -0.05) is 54.1 Å². The Morgan fingerprint density at radius 2 is 1.78 bits per heavy atom. The van der Waals surface area contributed by atoms with Gasteiger partial charge in [-0.2, -0.15) is 0 Å². The first-order valence-electron chi connectivity index (χ1n) is 8.33. The summed E-state index contributed by atoms with van der Waals surface area (Å²) in [7, 11) is 0. The Morgan fingerprint density at radius 3 is 2.43 bits per heavy atom. The van der Waals surface area contributed by atoms with E-state index in [9.17, 15) is 0 Å². The lowest BCUT2D eigenvalue weighted by molar-refractivity contribution is 0.00248. The normalized spacial score (nSPS) is 24.5. The summed E-state index contributed by atoms with van der Waals surface area (Å²) in [4.78, 5) is 0. The molecule has 0 heterocycles. The zero-order chi connectivity index (χ0) is 16.1. The van der Waals surface area contributed by atoms with Gasteiger partial charge >= 0.3 is 0 Å². The second-order valence-corrected chi connectivity index (χ2v) is 6.93. The summed E-state index contributed by atoms with van der Waals surface area (Å²) < 4.78 is 6.10. The third-order valence-corrected chi connectivity index (χ3v) is 5.28. The Balaban J connectivity index is 1.60. The molecule has 23 heavy (non-hydrogen) atoms. The number of halogens is 1. The summed E-state index contributed by atoms with van der Waals surface area (Å²) in [6.07, 6.45) is 4.55. The summed E-state index contributed by atoms with van der Waals surface area (Å²) in [5.41, 5.74) is 8.71. The minimum Gasteiger partial charge on any atom is -0.374 e. The van der Waals surface area contributed by atoms with E-state index in [1.807, 2.05) is 18.2 Å². The Morgan fingerprint density at radius 1 is 1.04 bits per heavy atom. The molecule has 0 radical (unpaired) electrons. The highest BCUT2D eigenvalue weighted by molar-refractivity contribution is 6.30. The first kappa shape index (κ1) is 16.5. The van der Waals surface area contributed by atoms with Crippen LogP contribution in [0.15, 0.2) is 54.6 Å². The van der Waals surface area contributed by atoms with Gasteiger partial charge < -0.3 is 10.5 Å². The minimum absolute atomic E-state index is 0.0531. The van der Waals surface area contributed by atoms with Crippen LogP contribution >= 0.6 is 11.6 Å². The number of ether oxygens (including phenoxy) is 1. The van der Waals surface area contributed by atoms with Crippen LogP contribution in [0, 0.1) is 0 Å². The van der Waals surface area contributed by atoms with Gasteiger partial charge in [0, 0.05) is 17.0 Å². The highest BCUT2D eigenvalue weighted by Gasteiger charge is 2.36. The molecule has 0 bridgehead atoms. The summed E-state index contributed by atoms with van der Waals surface area (Å²) in [5, 5.41) is 0.790. The summed E-state index contributed by atoms with van der Waals surface area (Å²) in [6.45, 7) is 1.36. The Kier molecular flexibility index (Phi) is 5.37. The van der Waals surface area contributed by atoms with E-state index in [2.05, 4.69) is 36.4 Å². The van der Waals surface area contributed by atoms with E-state index in [-0.39, 0.29) is 5.41 Å². The average Bonchev–Trinajstić information content (AvgIpc) is 2.61. The zero-order valence-corrected chi connectivity index (χ0v) is 14.1. The van der Waals surface area contributed by atoms with Crippen molar-refractivity contribution in [2.45, 2.75) is 43.8 Å². The molecule has 0 aromatic heterocycles. The summed E-state index contributed by atoms with van der Waals surface area (Å²) in [6, 6.07) is 18.5. The molecule has 2 N–H and O–H groups in total. The molecule has 2 aromatic carbocycles. The van der Waals surface area contributed by atoms with Gasteiger partial charge in [-0.15, -0.1) is 0 Å². The largest absolute Gasteiger partial charge is 0.374 e. The molecule has 1 aliphatic rings. The Hall–Kier alpha value is -1.35. The topological polar surface area (TPSA) is 35.2 Å². The maximum atomic E-state index is 6.16. The molecule has 1 fully saturated rings. The maximum Gasteiger partial charge on any atom is 0.0720 e. The standard InChI is InChI=1S/C20H24ClNO/c21-18-8-4-7-17(13-18)20(15-22)11-9-19(10-12-20)23-14-16-5-2-1-3-6-16/h1-8,13,19H,9-12,14-15,22H2/t19-,20-. The molecule has 3 rings (SSSR count). The van der Waals surface area contributed by atoms with Crippen LogP contribution in [0.25, 0.3) is 0 Å². The molecule has 0 unspecified atom stereocenters. The van der Waals surface area contributed by atoms with Crippen molar-refractivity contribution in [1.82, 2.24) is 0 Å². The monoisotopic (exact) mass is 329 g/mol. The van der Waals surface area contributed by atoms with Crippen molar-refractivity contribution in [2.75, 3.05) is 6.54 Å². The highest BCUT2D eigenvalue weighted by Crippen LogP contribution is 2.40. The number of nitrogens with two attached hydrogens (primary N) is 1. The molecule has 1 saturated carbocycles. The minimum atomic E-state index is 0.0531. The smallest absolute Gasteiger partial charge is 0.0720 e. The first-order valence-corrected chi connectivity index (χ1v) is 8.71. The van der Waals surface area contributed by atoms with E-state index in [1.54, 1.807) is 0 Å². The van der Waals surface area contributed by atoms with E-state index in [0.29, 0.717) is 19.3 Å². The molecule has 0 amide bonds. The first-order chi connectivity index (χ1) is 11.2. The number of benzene rings is 2. The third-order valence-electron chi connectivity index (χ3n) is 5.05. The van der Waals surface area contributed by atoms with Crippen molar-refractivity contribution >= 4 is 11.6 Å². The molecule has 2 nitrogen and oxygen atoms in total. The van der Waals surface area contributed by atoms with E-state index >= 15 is 0 Å². The van der Waals surface area contributed by atoms with E-state index in [1.165, 1.54) is 11.1 Å². The molecule has 0 spiro atoms. The van der Waals surface area contributed by atoms with E-state index < -0.39 is 0 Å². The lowest BCUT2D eigenvalue weighted by Gasteiger charge is -2.40. The van der Waals surface area contributed by atoms with Gasteiger partial charge in [-0.25, -0.2) is 0 Å². The van der Waals surface area contributed by atoms with Gasteiger partial charge in [-0.05, 0) is 48.9 Å². The van der Waals surface area contributed by atoms with Crippen LogP contribution in [0.1, 0.15) is 36.8 Å². The van der Waals surface area contributed by atoms with E-state index in [4.69, 9.17) is 22.1 Å². The van der Waals surface area contributed by atoms with Gasteiger partial charge in [-0.3, -0.25) is 0 Å². The Labute approximate surface area is 143 Å². The molecule has 0 aliphatic heterocycles. The SMILES string of the molecule is NC[C@]1(c2cccc(Cl)c2)CC[C@H](OCc2ccccc2)CC1. The van der Waals surface area contributed by atoms with Crippen LogP contribution < -0.4 is 5.73 Å². The lowest BCUT2D eigenvalue weighted by Crippen LogP contribution is -2.40. The van der Waals surface area contributed by atoms with Crippen LogP contribution in [0.3, 0.4) is 0 Å². The second kappa shape index (κ2) is 7.48. The van der Waals surface area contributed by atoms with Crippen molar-refractivity contribution in [3.8, 4) is 0 Å². The van der Waals surface area contributed by atoms with Gasteiger partial charge in [0.25, 0.3) is 0 Å². The van der Waals surface area contributed by atoms with Crippen molar-refractivity contribution in [3.05, 3.63) is 70.7 Å². The predicted octanol–water partition coefficient (Wildman–Crippen LogP) is 4.70. The van der Waals surface area contributed by atoms with Gasteiger partial charge in [0.2, 0.25) is 0 Å². The summed E-state index contributed by atoms with van der Waals surface area (Å²) in [5.74, 6) is 0. The van der Waals surface area contributed by atoms with Crippen molar-refractivity contribution in [1.29, 1.82) is 0 Å². The third kappa shape index (κ3) is 3.95. The molecular weight excluding hydrogens is 306 g/mol. The van der Waals surface area contributed by atoms with E-state index in [0.717, 1.165) is 30.7 Å². The van der Waals surface area contributed by atoms with Gasteiger partial charge in [0.05, 0.1) is 12.7 Å². The fraction of sp³-hybridized carbons (Fsp3) is 0.400.